The van der Waals surface area contributed by atoms with Crippen molar-refractivity contribution >= 4 is 15.8 Å². The summed E-state index contributed by atoms with van der Waals surface area (Å²) in [6, 6.07) is 7.96. The molecule has 1 fully saturated rings. The van der Waals surface area contributed by atoms with Gasteiger partial charge in [0, 0.05) is 36.9 Å². The fraction of sp³-hybridized carbons (Fsp3) is 0.278. The fourth-order valence-electron chi connectivity index (χ4n) is 2.74. The van der Waals surface area contributed by atoms with Gasteiger partial charge in [-0.1, -0.05) is 12.1 Å². The quantitative estimate of drug-likeness (QED) is 0.678. The van der Waals surface area contributed by atoms with Crippen molar-refractivity contribution in [2.75, 3.05) is 4.72 Å². The van der Waals surface area contributed by atoms with Crippen LogP contribution < -0.4 is 4.72 Å². The van der Waals surface area contributed by atoms with Crippen LogP contribution in [0, 0.1) is 0 Å². The van der Waals surface area contributed by atoms with Crippen LogP contribution in [0.2, 0.25) is 0 Å². The van der Waals surface area contributed by atoms with E-state index in [-0.39, 0.29) is 28.1 Å². The second kappa shape index (κ2) is 6.62. The molecule has 3 aromatic rings. The lowest BCUT2D eigenvalue weighted by atomic mass is 10.1. The molecule has 1 N–H and O–H groups in total. The Bertz CT molecular complexity index is 1110. The highest BCUT2D eigenvalue weighted by atomic mass is 32.2. The Morgan fingerprint density at radius 3 is 2.50 bits per heavy atom. The van der Waals surface area contributed by atoms with E-state index in [1.54, 1.807) is 12.1 Å². The van der Waals surface area contributed by atoms with Gasteiger partial charge in [0.25, 0.3) is 21.9 Å². The molecule has 1 aliphatic rings. The average molecular weight is 405 g/mol. The maximum absolute atomic E-state index is 13.6. The number of aromatic nitrogens is 4. The molecule has 1 aromatic carbocycles. The van der Waals surface area contributed by atoms with Crippen LogP contribution >= 0.6 is 0 Å². The minimum Gasteiger partial charge on any atom is -0.263 e. The summed E-state index contributed by atoms with van der Waals surface area (Å²) in [5, 5.41) is 4.42. The number of anilines is 1. The summed E-state index contributed by atoms with van der Waals surface area (Å²) < 4.78 is 56.6. The SMILES string of the molecule is CC(F)(F)c1cccc(S(=O)(=O)Nc2cc(C3CC3)nn2-c2ncccn2)c1. The third-order valence-electron chi connectivity index (χ3n) is 4.36. The van der Waals surface area contributed by atoms with E-state index in [4.69, 9.17) is 0 Å². The summed E-state index contributed by atoms with van der Waals surface area (Å²) in [5.74, 6) is -2.51. The molecule has 1 aliphatic carbocycles. The number of halogens is 2. The largest absolute Gasteiger partial charge is 0.270 e. The normalized spacial score (nSPS) is 14.8. The summed E-state index contributed by atoms with van der Waals surface area (Å²) in [7, 11) is -4.12. The van der Waals surface area contributed by atoms with Crippen molar-refractivity contribution in [1.82, 2.24) is 19.7 Å². The molecule has 2 heterocycles. The zero-order valence-corrected chi connectivity index (χ0v) is 15.7. The molecule has 0 unspecified atom stereocenters. The summed E-state index contributed by atoms with van der Waals surface area (Å²) >= 11 is 0. The maximum Gasteiger partial charge on any atom is 0.270 e. The number of sulfonamides is 1. The van der Waals surface area contributed by atoms with Crippen molar-refractivity contribution in [1.29, 1.82) is 0 Å². The van der Waals surface area contributed by atoms with Crippen LogP contribution in [0.5, 0.6) is 0 Å². The van der Waals surface area contributed by atoms with Gasteiger partial charge in [-0.05, 0) is 31.0 Å². The van der Waals surface area contributed by atoms with E-state index in [9.17, 15) is 17.2 Å². The zero-order valence-electron chi connectivity index (χ0n) is 14.9. The first-order valence-electron chi connectivity index (χ1n) is 8.62. The lowest BCUT2D eigenvalue weighted by Gasteiger charge is -2.13. The fourth-order valence-corrected chi connectivity index (χ4v) is 3.82. The molecule has 0 amide bonds. The Labute approximate surface area is 160 Å². The Hall–Kier alpha value is -2.88. The molecule has 0 saturated heterocycles. The monoisotopic (exact) mass is 405 g/mol. The first-order chi connectivity index (χ1) is 13.2. The molecule has 28 heavy (non-hydrogen) atoms. The number of nitrogens with zero attached hydrogens (tertiary/aromatic N) is 4. The zero-order chi connectivity index (χ0) is 19.9. The van der Waals surface area contributed by atoms with Gasteiger partial charge in [0.2, 0.25) is 0 Å². The summed E-state index contributed by atoms with van der Waals surface area (Å²) in [6.07, 6.45) is 5.00. The predicted octanol–water partition coefficient (Wildman–Crippen LogP) is 3.45. The molecule has 0 bridgehead atoms. The summed E-state index contributed by atoms with van der Waals surface area (Å²) in [4.78, 5) is 7.95. The molecular formula is C18H17F2N5O2S. The lowest BCUT2D eigenvalue weighted by molar-refractivity contribution is 0.0172. The molecule has 10 heteroatoms. The summed E-state index contributed by atoms with van der Waals surface area (Å²) in [6.45, 7) is 0.718. The highest BCUT2D eigenvalue weighted by Gasteiger charge is 2.30. The van der Waals surface area contributed by atoms with E-state index in [1.165, 1.54) is 35.3 Å². The van der Waals surface area contributed by atoms with Crippen LogP contribution in [0.1, 0.15) is 36.9 Å². The number of alkyl halides is 2. The molecule has 0 atom stereocenters. The van der Waals surface area contributed by atoms with E-state index in [2.05, 4.69) is 19.8 Å². The highest BCUT2D eigenvalue weighted by molar-refractivity contribution is 7.92. The van der Waals surface area contributed by atoms with Crippen molar-refractivity contribution in [3.63, 3.8) is 0 Å². The van der Waals surface area contributed by atoms with Crippen molar-refractivity contribution in [3.8, 4) is 5.95 Å². The Kier molecular flexibility index (Phi) is 4.37. The Morgan fingerprint density at radius 2 is 1.86 bits per heavy atom. The Balaban J connectivity index is 1.72. The lowest BCUT2D eigenvalue weighted by Crippen LogP contribution is -2.17. The molecule has 7 nitrogen and oxygen atoms in total. The van der Waals surface area contributed by atoms with Crippen molar-refractivity contribution in [2.45, 2.75) is 36.5 Å². The molecule has 4 rings (SSSR count). The summed E-state index contributed by atoms with van der Waals surface area (Å²) in [5.41, 5.74) is 0.355. The van der Waals surface area contributed by atoms with Gasteiger partial charge in [0.1, 0.15) is 5.82 Å². The minimum atomic E-state index is -4.12. The highest BCUT2D eigenvalue weighted by Crippen LogP contribution is 2.40. The maximum atomic E-state index is 13.6. The Morgan fingerprint density at radius 1 is 1.14 bits per heavy atom. The van der Waals surface area contributed by atoms with Crippen molar-refractivity contribution in [3.05, 3.63) is 60.0 Å². The van der Waals surface area contributed by atoms with E-state index in [1.807, 2.05) is 0 Å². The van der Waals surface area contributed by atoms with Gasteiger partial charge >= 0.3 is 0 Å². The van der Waals surface area contributed by atoms with Gasteiger partial charge in [-0.2, -0.15) is 9.78 Å². The van der Waals surface area contributed by atoms with Crippen LogP contribution in [0.25, 0.3) is 5.95 Å². The number of hydrogen-bond donors (Lipinski definition) is 1. The number of benzene rings is 1. The molecule has 146 valence electrons. The molecule has 0 spiro atoms. The molecule has 2 aromatic heterocycles. The van der Waals surface area contributed by atoms with E-state index >= 15 is 0 Å². The van der Waals surface area contributed by atoms with Crippen LogP contribution in [-0.4, -0.2) is 28.2 Å². The first kappa shape index (κ1) is 18.5. The second-order valence-corrected chi connectivity index (χ2v) is 8.39. The van der Waals surface area contributed by atoms with Gasteiger partial charge in [0.05, 0.1) is 10.6 Å². The number of rotatable bonds is 6. The minimum absolute atomic E-state index is 0.154. The van der Waals surface area contributed by atoms with Gasteiger partial charge in [-0.15, -0.1) is 0 Å². The van der Waals surface area contributed by atoms with Crippen LogP contribution in [0.4, 0.5) is 14.6 Å². The first-order valence-corrected chi connectivity index (χ1v) is 10.1. The predicted molar refractivity (Wildman–Crippen MR) is 97.9 cm³/mol. The van der Waals surface area contributed by atoms with E-state index < -0.39 is 15.9 Å². The van der Waals surface area contributed by atoms with Gasteiger partial charge in [-0.25, -0.2) is 27.2 Å². The van der Waals surface area contributed by atoms with Crippen molar-refractivity contribution in [2.24, 2.45) is 0 Å². The van der Waals surface area contributed by atoms with Crippen LogP contribution in [-0.2, 0) is 15.9 Å². The third kappa shape index (κ3) is 3.72. The van der Waals surface area contributed by atoms with Gasteiger partial charge in [-0.3, -0.25) is 4.72 Å². The standard InChI is InChI=1S/C18H17F2N5O2S/c1-18(19,20)13-4-2-5-14(10-13)28(26,27)24-16-11-15(12-6-7-12)23-25(16)17-21-8-3-9-22-17/h2-5,8-12,24H,6-7H2,1H3. The van der Waals surface area contributed by atoms with E-state index in [0.717, 1.165) is 31.5 Å². The van der Waals surface area contributed by atoms with E-state index in [0.29, 0.717) is 0 Å². The third-order valence-corrected chi connectivity index (χ3v) is 5.71. The smallest absolute Gasteiger partial charge is 0.263 e. The second-order valence-electron chi connectivity index (χ2n) is 6.71. The van der Waals surface area contributed by atoms with Crippen molar-refractivity contribution < 1.29 is 17.2 Å². The van der Waals surface area contributed by atoms with Gasteiger partial charge in [0.15, 0.2) is 0 Å². The number of hydrogen-bond acceptors (Lipinski definition) is 5. The molecule has 0 aliphatic heterocycles. The van der Waals surface area contributed by atoms with Crippen LogP contribution in [0.3, 0.4) is 0 Å². The number of nitrogens with one attached hydrogen (secondary N) is 1. The average Bonchev–Trinajstić information content (AvgIpc) is 3.43. The molecule has 0 radical (unpaired) electrons. The topological polar surface area (TPSA) is 89.8 Å². The molecule has 1 saturated carbocycles. The molecular weight excluding hydrogens is 388 g/mol. The van der Waals surface area contributed by atoms with Crippen LogP contribution in [0.15, 0.2) is 53.7 Å². The van der Waals surface area contributed by atoms with Gasteiger partial charge < -0.3 is 0 Å².